The van der Waals surface area contributed by atoms with Crippen LogP contribution in [-0.2, 0) is 10.2 Å². The first-order valence-electron chi connectivity index (χ1n) is 5.94. The largest absolute Gasteiger partial charge is 0.506 e. The fourth-order valence-electron chi connectivity index (χ4n) is 2.01. The van der Waals surface area contributed by atoms with Crippen molar-refractivity contribution in [1.82, 2.24) is 9.71 Å². The fourth-order valence-corrected chi connectivity index (χ4v) is 3.07. The second-order valence-corrected chi connectivity index (χ2v) is 5.90. The highest BCUT2D eigenvalue weighted by Crippen LogP contribution is 2.35. The molecular formula is C13H11N3O4S. The molecule has 0 unspecified atom stereocenters. The van der Waals surface area contributed by atoms with E-state index in [2.05, 4.69) is 4.98 Å². The number of aromatic nitrogens is 1. The number of phenolic OH excluding ortho intramolecular Hbond substituents is 1. The Morgan fingerprint density at radius 3 is 2.38 bits per heavy atom. The molecule has 108 valence electrons. The molecule has 8 heteroatoms. The van der Waals surface area contributed by atoms with Crippen LogP contribution in [0.3, 0.4) is 0 Å². The zero-order chi connectivity index (χ0) is 15.0. The van der Waals surface area contributed by atoms with Crippen LogP contribution in [0.5, 0.6) is 5.75 Å². The molecule has 0 saturated heterocycles. The Morgan fingerprint density at radius 1 is 1.05 bits per heavy atom. The summed E-state index contributed by atoms with van der Waals surface area (Å²) in [5, 5.41) is 19.2. The SMILES string of the molecule is O=S1(=O)NC(O)=CN1c1cc(-c2ccncc2)ccc1O. The molecular weight excluding hydrogens is 294 g/mol. The third-order valence-electron chi connectivity index (χ3n) is 2.96. The molecule has 21 heavy (non-hydrogen) atoms. The molecule has 0 spiro atoms. The second kappa shape index (κ2) is 4.67. The molecule has 1 aliphatic rings. The molecule has 0 amide bonds. The van der Waals surface area contributed by atoms with Crippen molar-refractivity contribution in [2.24, 2.45) is 0 Å². The summed E-state index contributed by atoms with van der Waals surface area (Å²) < 4.78 is 26.4. The van der Waals surface area contributed by atoms with Gasteiger partial charge in [0.25, 0.3) is 0 Å². The number of anilines is 1. The van der Waals surface area contributed by atoms with Crippen LogP contribution in [0.1, 0.15) is 0 Å². The molecule has 0 bridgehead atoms. The highest BCUT2D eigenvalue weighted by molar-refractivity contribution is 7.91. The summed E-state index contributed by atoms with van der Waals surface area (Å²) in [4.78, 5) is 3.91. The highest BCUT2D eigenvalue weighted by Gasteiger charge is 2.30. The first-order valence-corrected chi connectivity index (χ1v) is 7.38. The van der Waals surface area contributed by atoms with Crippen molar-refractivity contribution >= 4 is 15.9 Å². The van der Waals surface area contributed by atoms with Crippen LogP contribution >= 0.6 is 0 Å². The molecule has 3 rings (SSSR count). The Kier molecular flexibility index (Phi) is 2.95. The maximum atomic E-state index is 11.9. The standard InChI is InChI=1S/C13H11N3O4S/c17-12-2-1-10(9-3-5-14-6-4-9)7-11(12)16-8-13(18)15-21(16,19)20/h1-8,15,17-18H. The summed E-state index contributed by atoms with van der Waals surface area (Å²) in [5.74, 6) is -0.729. The summed E-state index contributed by atoms with van der Waals surface area (Å²) >= 11 is 0. The summed E-state index contributed by atoms with van der Waals surface area (Å²) in [5.41, 5.74) is 1.57. The van der Waals surface area contributed by atoms with E-state index in [1.54, 1.807) is 30.6 Å². The van der Waals surface area contributed by atoms with Crippen LogP contribution in [0.25, 0.3) is 11.1 Å². The van der Waals surface area contributed by atoms with E-state index < -0.39 is 16.1 Å². The van der Waals surface area contributed by atoms with Gasteiger partial charge in [0.1, 0.15) is 11.4 Å². The average molecular weight is 305 g/mol. The molecule has 0 saturated carbocycles. The quantitative estimate of drug-likeness (QED) is 0.779. The van der Waals surface area contributed by atoms with E-state index in [4.69, 9.17) is 0 Å². The Morgan fingerprint density at radius 2 is 1.76 bits per heavy atom. The minimum atomic E-state index is -3.94. The third-order valence-corrected chi connectivity index (χ3v) is 4.25. The minimum Gasteiger partial charge on any atom is -0.506 e. The number of pyridine rings is 1. The summed E-state index contributed by atoms with van der Waals surface area (Å²) in [7, 11) is -3.94. The number of phenols is 1. The van der Waals surface area contributed by atoms with Crippen molar-refractivity contribution in [1.29, 1.82) is 0 Å². The Hall–Kier alpha value is -2.74. The summed E-state index contributed by atoms with van der Waals surface area (Å²) in [6, 6.07) is 8.09. The summed E-state index contributed by atoms with van der Waals surface area (Å²) in [6.45, 7) is 0. The van der Waals surface area contributed by atoms with E-state index in [0.717, 1.165) is 16.1 Å². The highest BCUT2D eigenvalue weighted by atomic mass is 32.2. The molecule has 2 aromatic rings. The van der Waals surface area contributed by atoms with Gasteiger partial charge in [-0.05, 0) is 35.4 Å². The zero-order valence-electron chi connectivity index (χ0n) is 10.6. The third kappa shape index (κ3) is 2.36. The van der Waals surface area contributed by atoms with Gasteiger partial charge in [-0.1, -0.05) is 6.07 Å². The molecule has 0 atom stereocenters. The van der Waals surface area contributed by atoms with Gasteiger partial charge >= 0.3 is 10.2 Å². The fraction of sp³-hybridized carbons (Fsp3) is 0. The van der Waals surface area contributed by atoms with Gasteiger partial charge in [0.15, 0.2) is 0 Å². The maximum Gasteiger partial charge on any atom is 0.330 e. The van der Waals surface area contributed by atoms with Gasteiger partial charge in [0.05, 0.1) is 6.20 Å². The van der Waals surface area contributed by atoms with E-state index in [1.165, 1.54) is 12.1 Å². The van der Waals surface area contributed by atoms with Crippen molar-refractivity contribution in [2.75, 3.05) is 4.31 Å². The van der Waals surface area contributed by atoms with Crippen LogP contribution < -0.4 is 9.03 Å². The molecule has 1 aromatic carbocycles. The predicted molar refractivity (Wildman–Crippen MR) is 76.6 cm³/mol. The van der Waals surface area contributed by atoms with E-state index in [-0.39, 0.29) is 11.4 Å². The van der Waals surface area contributed by atoms with E-state index in [1.807, 2.05) is 4.72 Å². The number of aromatic hydroxyl groups is 1. The van der Waals surface area contributed by atoms with Crippen LogP contribution in [0.15, 0.2) is 54.8 Å². The average Bonchev–Trinajstić information content (AvgIpc) is 2.73. The van der Waals surface area contributed by atoms with Gasteiger partial charge in [-0.3, -0.25) is 4.98 Å². The van der Waals surface area contributed by atoms with Gasteiger partial charge < -0.3 is 10.2 Å². The topological polar surface area (TPSA) is 103 Å². The lowest BCUT2D eigenvalue weighted by Crippen LogP contribution is -2.29. The molecule has 0 aliphatic carbocycles. The molecule has 1 aromatic heterocycles. The van der Waals surface area contributed by atoms with Crippen LogP contribution in [0.2, 0.25) is 0 Å². The van der Waals surface area contributed by atoms with Crippen LogP contribution in [-0.4, -0.2) is 23.6 Å². The lowest BCUT2D eigenvalue weighted by Gasteiger charge is -2.16. The number of benzene rings is 1. The van der Waals surface area contributed by atoms with Gasteiger partial charge in [-0.2, -0.15) is 8.42 Å². The first-order chi connectivity index (χ1) is 9.97. The molecule has 3 N–H and O–H groups in total. The van der Waals surface area contributed by atoms with Gasteiger partial charge in [0.2, 0.25) is 5.88 Å². The van der Waals surface area contributed by atoms with Crippen LogP contribution in [0, 0.1) is 0 Å². The van der Waals surface area contributed by atoms with E-state index >= 15 is 0 Å². The van der Waals surface area contributed by atoms with Crippen molar-refractivity contribution in [2.45, 2.75) is 0 Å². The van der Waals surface area contributed by atoms with Gasteiger partial charge in [0, 0.05) is 12.4 Å². The Balaban J connectivity index is 2.12. The smallest absolute Gasteiger partial charge is 0.330 e. The van der Waals surface area contributed by atoms with E-state index in [9.17, 15) is 18.6 Å². The van der Waals surface area contributed by atoms with Gasteiger partial charge in [-0.25, -0.2) is 9.03 Å². The van der Waals surface area contributed by atoms with Crippen LogP contribution in [0.4, 0.5) is 5.69 Å². The van der Waals surface area contributed by atoms with Crippen molar-refractivity contribution in [3.05, 3.63) is 54.8 Å². The van der Waals surface area contributed by atoms with Crippen molar-refractivity contribution in [3.8, 4) is 16.9 Å². The molecule has 0 fully saturated rings. The van der Waals surface area contributed by atoms with Crippen molar-refractivity contribution in [3.63, 3.8) is 0 Å². The lowest BCUT2D eigenvalue weighted by atomic mass is 10.1. The number of hydrogen-bond donors (Lipinski definition) is 3. The molecule has 0 radical (unpaired) electrons. The molecule has 7 nitrogen and oxygen atoms in total. The number of rotatable bonds is 2. The number of aliphatic hydroxyl groups is 1. The lowest BCUT2D eigenvalue weighted by molar-refractivity contribution is 0.392. The maximum absolute atomic E-state index is 11.9. The number of nitrogens with zero attached hydrogens (tertiary/aromatic N) is 2. The van der Waals surface area contributed by atoms with E-state index in [0.29, 0.717) is 5.56 Å². The number of aliphatic hydroxyl groups excluding tert-OH is 1. The number of nitrogens with one attached hydrogen (secondary N) is 1. The zero-order valence-corrected chi connectivity index (χ0v) is 11.4. The van der Waals surface area contributed by atoms with Crippen molar-refractivity contribution < 1.29 is 18.6 Å². The summed E-state index contributed by atoms with van der Waals surface area (Å²) in [6.07, 6.45) is 4.21. The predicted octanol–water partition coefficient (Wildman–Crippen LogP) is 1.47. The minimum absolute atomic E-state index is 0.0425. The second-order valence-electron chi connectivity index (χ2n) is 4.36. The first kappa shape index (κ1) is 13.3. The van der Waals surface area contributed by atoms with Gasteiger partial charge in [-0.15, -0.1) is 0 Å². The Bertz CT molecular complexity index is 819. The monoisotopic (exact) mass is 305 g/mol. The Labute approximate surface area is 121 Å². The molecule has 2 heterocycles. The molecule has 1 aliphatic heterocycles. The normalized spacial score (nSPS) is 16.4. The number of hydrogen-bond acceptors (Lipinski definition) is 5.